The van der Waals surface area contributed by atoms with Crippen LogP contribution in [0.1, 0.15) is 11.3 Å². The van der Waals surface area contributed by atoms with Crippen molar-refractivity contribution in [2.24, 2.45) is 0 Å². The van der Waals surface area contributed by atoms with Gasteiger partial charge in [0.15, 0.2) is 0 Å². The number of aromatic nitrogens is 2. The van der Waals surface area contributed by atoms with Crippen LogP contribution in [0.3, 0.4) is 0 Å². The third-order valence-corrected chi connectivity index (χ3v) is 4.59. The molecule has 2 N–H and O–H groups in total. The molecular weight excluding hydrogens is 326 g/mol. The predicted molar refractivity (Wildman–Crippen MR) is 96.7 cm³/mol. The Morgan fingerprint density at radius 1 is 1.08 bits per heavy atom. The molecule has 8 heteroatoms. The van der Waals surface area contributed by atoms with Gasteiger partial charge in [0.25, 0.3) is 0 Å². The van der Waals surface area contributed by atoms with Gasteiger partial charge >= 0.3 is 0 Å². The van der Waals surface area contributed by atoms with E-state index in [0.717, 1.165) is 17.1 Å². The molecule has 2 aromatic rings. The Morgan fingerprint density at radius 3 is 2.46 bits per heavy atom. The highest BCUT2D eigenvalue weighted by Gasteiger charge is 2.10. The van der Waals surface area contributed by atoms with Crippen LogP contribution in [-0.2, 0) is 15.8 Å². The van der Waals surface area contributed by atoms with E-state index < -0.39 is 10.0 Å². The molecule has 0 radical (unpaired) electrons. The molecule has 0 unspecified atom stereocenters. The number of anilines is 2. The predicted octanol–water partition coefficient (Wildman–Crippen LogP) is 1.38. The van der Waals surface area contributed by atoms with Crippen molar-refractivity contribution in [1.29, 1.82) is 0 Å². The zero-order valence-corrected chi connectivity index (χ0v) is 15.0. The third kappa shape index (κ3) is 5.78. The Balaban J connectivity index is 1.84. The molecule has 0 saturated heterocycles. The summed E-state index contributed by atoms with van der Waals surface area (Å²) < 4.78 is 26.6. The normalized spacial score (nSPS) is 11.3. The van der Waals surface area contributed by atoms with Crippen molar-refractivity contribution >= 4 is 21.8 Å². The largest absolute Gasteiger partial charge is 0.363 e. The van der Waals surface area contributed by atoms with E-state index in [0.29, 0.717) is 12.5 Å². The van der Waals surface area contributed by atoms with E-state index in [2.05, 4.69) is 20.0 Å². The average Bonchev–Trinajstić information content (AvgIpc) is 2.51. The third-order valence-electron chi connectivity index (χ3n) is 3.23. The zero-order valence-electron chi connectivity index (χ0n) is 14.2. The molecule has 1 aromatic heterocycles. The van der Waals surface area contributed by atoms with E-state index in [1.165, 1.54) is 0 Å². The van der Waals surface area contributed by atoms with E-state index in [9.17, 15) is 8.42 Å². The second-order valence-electron chi connectivity index (χ2n) is 5.65. The highest BCUT2D eigenvalue weighted by atomic mass is 32.2. The molecular formula is C16H23N5O2S. The molecule has 0 amide bonds. The smallest absolute Gasteiger partial charge is 0.224 e. The standard InChI is InChI=1S/C16H23N5O2S/c1-13-11-15(21(2)3)20-16(19-13)17-9-10-18-24(22,23)12-14-7-5-4-6-8-14/h4-8,11,18H,9-10,12H2,1-3H3,(H,17,19,20). The van der Waals surface area contributed by atoms with Crippen LogP contribution in [0.4, 0.5) is 11.8 Å². The molecule has 1 heterocycles. The second-order valence-corrected chi connectivity index (χ2v) is 7.46. The molecule has 1 aromatic carbocycles. The molecule has 0 atom stereocenters. The summed E-state index contributed by atoms with van der Waals surface area (Å²) in [5.74, 6) is 1.26. The van der Waals surface area contributed by atoms with Crippen molar-refractivity contribution in [2.75, 3.05) is 37.4 Å². The van der Waals surface area contributed by atoms with Crippen molar-refractivity contribution < 1.29 is 8.42 Å². The van der Waals surface area contributed by atoms with Gasteiger partial charge in [-0.3, -0.25) is 0 Å². The summed E-state index contributed by atoms with van der Waals surface area (Å²) in [6.07, 6.45) is 0. The van der Waals surface area contributed by atoms with Gasteiger partial charge in [0.1, 0.15) is 5.82 Å². The number of aryl methyl sites for hydroxylation is 1. The van der Waals surface area contributed by atoms with Crippen molar-refractivity contribution in [3.05, 3.63) is 47.7 Å². The Kier molecular flexibility index (Phi) is 6.10. The topological polar surface area (TPSA) is 87.2 Å². The first-order valence-corrected chi connectivity index (χ1v) is 9.29. The van der Waals surface area contributed by atoms with Crippen LogP contribution < -0.4 is 14.9 Å². The lowest BCUT2D eigenvalue weighted by Gasteiger charge is -2.14. The minimum Gasteiger partial charge on any atom is -0.363 e. The molecule has 130 valence electrons. The second kappa shape index (κ2) is 8.07. The Morgan fingerprint density at radius 2 is 1.79 bits per heavy atom. The summed E-state index contributed by atoms with van der Waals surface area (Å²) in [4.78, 5) is 10.5. The number of benzene rings is 1. The maximum atomic E-state index is 12.0. The Hall–Kier alpha value is -2.19. The zero-order chi connectivity index (χ0) is 17.6. The van der Waals surface area contributed by atoms with Crippen LogP contribution in [-0.4, -0.2) is 45.6 Å². The maximum Gasteiger partial charge on any atom is 0.224 e. The molecule has 24 heavy (non-hydrogen) atoms. The van der Waals surface area contributed by atoms with E-state index in [-0.39, 0.29) is 12.3 Å². The van der Waals surface area contributed by atoms with Crippen LogP contribution >= 0.6 is 0 Å². The average molecular weight is 349 g/mol. The Labute approximate surface area is 143 Å². The van der Waals surface area contributed by atoms with Crippen LogP contribution in [0, 0.1) is 6.92 Å². The number of nitrogens with zero attached hydrogens (tertiary/aromatic N) is 3. The van der Waals surface area contributed by atoms with Gasteiger partial charge in [-0.05, 0) is 12.5 Å². The van der Waals surface area contributed by atoms with Gasteiger partial charge in [-0.1, -0.05) is 30.3 Å². The van der Waals surface area contributed by atoms with Gasteiger partial charge in [-0.15, -0.1) is 0 Å². The van der Waals surface area contributed by atoms with E-state index >= 15 is 0 Å². The monoisotopic (exact) mass is 349 g/mol. The minimum absolute atomic E-state index is 0.0282. The highest BCUT2D eigenvalue weighted by molar-refractivity contribution is 7.88. The summed E-state index contributed by atoms with van der Waals surface area (Å²) in [6.45, 7) is 2.57. The summed E-state index contributed by atoms with van der Waals surface area (Å²) in [7, 11) is 0.454. The van der Waals surface area contributed by atoms with E-state index in [1.807, 2.05) is 50.2 Å². The quantitative estimate of drug-likeness (QED) is 0.700. The van der Waals surface area contributed by atoms with Crippen LogP contribution in [0.5, 0.6) is 0 Å². The van der Waals surface area contributed by atoms with Crippen LogP contribution in [0.25, 0.3) is 0 Å². The highest BCUT2D eigenvalue weighted by Crippen LogP contribution is 2.11. The number of sulfonamides is 1. The number of rotatable bonds is 8. The summed E-state index contributed by atoms with van der Waals surface area (Å²) in [5, 5.41) is 3.04. The summed E-state index contributed by atoms with van der Waals surface area (Å²) in [5.41, 5.74) is 1.61. The van der Waals surface area contributed by atoms with Gasteiger partial charge in [0.05, 0.1) is 5.75 Å². The molecule has 0 aliphatic carbocycles. The fourth-order valence-electron chi connectivity index (χ4n) is 2.09. The molecule has 0 spiro atoms. The van der Waals surface area contributed by atoms with Crippen molar-refractivity contribution in [2.45, 2.75) is 12.7 Å². The number of hydrogen-bond acceptors (Lipinski definition) is 6. The summed E-state index contributed by atoms with van der Waals surface area (Å²) in [6, 6.07) is 11.0. The van der Waals surface area contributed by atoms with E-state index in [4.69, 9.17) is 0 Å². The van der Waals surface area contributed by atoms with Gasteiger partial charge < -0.3 is 10.2 Å². The maximum absolute atomic E-state index is 12.0. The van der Waals surface area contributed by atoms with Crippen molar-refractivity contribution in [1.82, 2.24) is 14.7 Å². The van der Waals surface area contributed by atoms with Crippen LogP contribution in [0.2, 0.25) is 0 Å². The molecule has 0 fully saturated rings. The summed E-state index contributed by atoms with van der Waals surface area (Å²) >= 11 is 0. The van der Waals surface area contributed by atoms with Gasteiger partial charge in [-0.25, -0.2) is 18.1 Å². The van der Waals surface area contributed by atoms with Gasteiger partial charge in [0.2, 0.25) is 16.0 Å². The lowest BCUT2D eigenvalue weighted by atomic mass is 10.2. The van der Waals surface area contributed by atoms with E-state index in [1.54, 1.807) is 12.1 Å². The van der Waals surface area contributed by atoms with Gasteiger partial charge in [0, 0.05) is 38.9 Å². The first kappa shape index (κ1) is 18.2. The lowest BCUT2D eigenvalue weighted by molar-refractivity contribution is 0.582. The Bertz CT molecular complexity index is 763. The molecule has 0 saturated carbocycles. The molecule has 0 bridgehead atoms. The van der Waals surface area contributed by atoms with Gasteiger partial charge in [-0.2, -0.15) is 4.98 Å². The van der Waals surface area contributed by atoms with Crippen molar-refractivity contribution in [3.63, 3.8) is 0 Å². The molecule has 0 aliphatic heterocycles. The van der Waals surface area contributed by atoms with Crippen LogP contribution in [0.15, 0.2) is 36.4 Å². The van der Waals surface area contributed by atoms with Crippen molar-refractivity contribution in [3.8, 4) is 0 Å². The number of nitrogens with one attached hydrogen (secondary N) is 2. The molecule has 0 aliphatic rings. The molecule has 7 nitrogen and oxygen atoms in total. The first-order chi connectivity index (χ1) is 11.4. The lowest BCUT2D eigenvalue weighted by Crippen LogP contribution is -2.30. The number of hydrogen-bond donors (Lipinski definition) is 2. The minimum atomic E-state index is -3.36. The fourth-order valence-corrected chi connectivity index (χ4v) is 3.23. The molecule has 2 rings (SSSR count). The first-order valence-electron chi connectivity index (χ1n) is 7.64. The fraction of sp³-hybridized carbons (Fsp3) is 0.375. The SMILES string of the molecule is Cc1cc(N(C)C)nc(NCCNS(=O)(=O)Cc2ccccc2)n1.